The van der Waals surface area contributed by atoms with Gasteiger partial charge in [0.15, 0.2) is 0 Å². The third kappa shape index (κ3) is 2.62. The van der Waals surface area contributed by atoms with E-state index < -0.39 is 0 Å². The van der Waals surface area contributed by atoms with E-state index in [1.807, 2.05) is 54.2 Å². The van der Waals surface area contributed by atoms with Crippen LogP contribution >= 0.6 is 0 Å². The second-order valence-corrected chi connectivity index (χ2v) is 6.67. The zero-order valence-corrected chi connectivity index (χ0v) is 15.1. The van der Waals surface area contributed by atoms with E-state index in [1.54, 1.807) is 6.33 Å². The molecule has 27 heavy (non-hydrogen) atoms. The number of rotatable bonds is 3. The van der Waals surface area contributed by atoms with Crippen molar-refractivity contribution in [1.29, 1.82) is 0 Å². The van der Waals surface area contributed by atoms with Crippen molar-refractivity contribution in [3.05, 3.63) is 66.6 Å². The van der Waals surface area contributed by atoms with E-state index in [1.165, 1.54) is 5.56 Å². The molecule has 0 atom stereocenters. The Labute approximate surface area is 155 Å². The summed E-state index contributed by atoms with van der Waals surface area (Å²) in [6.07, 6.45) is 3.63. The third-order valence-corrected chi connectivity index (χ3v) is 4.68. The lowest BCUT2D eigenvalue weighted by molar-refractivity contribution is 0.944. The number of benzene rings is 2. The summed E-state index contributed by atoms with van der Waals surface area (Å²) in [7, 11) is 1.98. The highest BCUT2D eigenvalue weighted by Crippen LogP contribution is 2.34. The minimum atomic E-state index is 0.765. The Kier molecular flexibility index (Phi) is 3.43. The van der Waals surface area contributed by atoms with E-state index in [4.69, 9.17) is 4.98 Å². The second-order valence-electron chi connectivity index (χ2n) is 6.67. The molecule has 0 fully saturated rings. The Bertz CT molecular complexity index is 1250. The summed E-state index contributed by atoms with van der Waals surface area (Å²) < 4.78 is 2.00. The number of para-hydroxylation sites is 2. The van der Waals surface area contributed by atoms with Crippen molar-refractivity contribution < 1.29 is 0 Å². The molecule has 5 aromatic rings. The molecule has 0 aliphatic rings. The number of nitrogens with one attached hydrogen (secondary N) is 2. The minimum absolute atomic E-state index is 0.765. The third-order valence-electron chi connectivity index (χ3n) is 4.68. The summed E-state index contributed by atoms with van der Waals surface area (Å²) in [6, 6.07) is 16.3. The first kappa shape index (κ1) is 15.6. The van der Waals surface area contributed by atoms with Crippen LogP contribution in [0.3, 0.4) is 0 Å². The summed E-state index contributed by atoms with van der Waals surface area (Å²) in [6.45, 7) is 2.07. The Hall–Kier alpha value is -3.67. The zero-order valence-electron chi connectivity index (χ0n) is 15.1. The van der Waals surface area contributed by atoms with Crippen LogP contribution in [0, 0.1) is 6.92 Å². The van der Waals surface area contributed by atoms with Gasteiger partial charge in [-0.15, -0.1) is 0 Å². The Morgan fingerprint density at radius 1 is 1.04 bits per heavy atom. The number of hydrogen-bond donors (Lipinski definition) is 2. The van der Waals surface area contributed by atoms with Crippen LogP contribution in [0.15, 0.2) is 61.1 Å². The van der Waals surface area contributed by atoms with E-state index in [0.29, 0.717) is 0 Å². The maximum atomic E-state index is 4.76. The Balaban J connectivity index is 1.71. The molecule has 0 saturated heterocycles. The molecule has 0 unspecified atom stereocenters. The molecule has 3 aromatic heterocycles. The predicted molar refractivity (Wildman–Crippen MR) is 108 cm³/mol. The van der Waals surface area contributed by atoms with Crippen LogP contribution in [-0.4, -0.2) is 24.5 Å². The molecule has 0 aliphatic carbocycles. The molecule has 0 bridgehead atoms. The van der Waals surface area contributed by atoms with Gasteiger partial charge in [-0.25, -0.2) is 15.0 Å². The maximum absolute atomic E-state index is 4.76. The largest absolute Gasteiger partial charge is 0.340 e. The van der Waals surface area contributed by atoms with Gasteiger partial charge in [-0.3, -0.25) is 0 Å². The highest BCUT2D eigenvalue weighted by Gasteiger charge is 2.17. The first-order valence-electron chi connectivity index (χ1n) is 8.78. The standard InChI is InChI=1S/C21H18N6/c1-13-6-5-7-14(10-13)24-20-18-15(11-27(2)21(18)23-12-22-20)19-25-16-8-3-4-9-17(16)26-19/h3-12H,1-2H3,(H,25,26)(H,22,23,24). The number of aromatic amines is 1. The fraction of sp³-hybridized carbons (Fsp3) is 0.0952. The molecule has 0 amide bonds. The molecule has 6 heteroatoms. The molecular weight excluding hydrogens is 336 g/mol. The molecule has 0 spiro atoms. The van der Waals surface area contributed by atoms with Crippen LogP contribution in [0.4, 0.5) is 11.5 Å². The first-order valence-corrected chi connectivity index (χ1v) is 8.78. The lowest BCUT2D eigenvalue weighted by atomic mass is 10.2. The normalized spacial score (nSPS) is 11.3. The molecule has 3 heterocycles. The van der Waals surface area contributed by atoms with Crippen LogP contribution in [-0.2, 0) is 7.05 Å². The number of nitrogens with zero attached hydrogens (tertiary/aromatic N) is 4. The number of imidazole rings is 1. The van der Waals surface area contributed by atoms with Gasteiger partial charge in [-0.1, -0.05) is 24.3 Å². The predicted octanol–water partition coefficient (Wildman–Crippen LogP) is 4.56. The summed E-state index contributed by atoms with van der Waals surface area (Å²) >= 11 is 0. The summed E-state index contributed by atoms with van der Waals surface area (Å²) in [4.78, 5) is 17.1. The van der Waals surface area contributed by atoms with Gasteiger partial charge in [0.05, 0.1) is 16.4 Å². The lowest BCUT2D eigenvalue weighted by Gasteiger charge is -2.08. The summed E-state index contributed by atoms with van der Waals surface area (Å²) in [5, 5.41) is 4.38. The van der Waals surface area contributed by atoms with Gasteiger partial charge in [0.2, 0.25) is 0 Å². The number of anilines is 2. The van der Waals surface area contributed by atoms with Crippen LogP contribution in [0.5, 0.6) is 0 Å². The smallest absolute Gasteiger partial charge is 0.145 e. The van der Waals surface area contributed by atoms with Crippen molar-refractivity contribution in [2.24, 2.45) is 7.05 Å². The summed E-state index contributed by atoms with van der Waals surface area (Å²) in [5.41, 5.74) is 5.96. The van der Waals surface area contributed by atoms with E-state index in [2.05, 4.69) is 39.3 Å². The van der Waals surface area contributed by atoms with Crippen molar-refractivity contribution >= 4 is 33.6 Å². The lowest BCUT2D eigenvalue weighted by Crippen LogP contribution is -1.97. The average Bonchev–Trinajstić information content (AvgIpc) is 3.24. The number of hydrogen-bond acceptors (Lipinski definition) is 4. The average molecular weight is 354 g/mol. The van der Waals surface area contributed by atoms with Gasteiger partial charge in [-0.2, -0.15) is 0 Å². The van der Waals surface area contributed by atoms with E-state index in [0.717, 1.165) is 45.0 Å². The van der Waals surface area contributed by atoms with Gasteiger partial charge in [0.25, 0.3) is 0 Å². The topological polar surface area (TPSA) is 71.4 Å². The molecule has 2 aromatic carbocycles. The van der Waals surface area contributed by atoms with Crippen LogP contribution in [0.2, 0.25) is 0 Å². The zero-order chi connectivity index (χ0) is 18.4. The second kappa shape index (κ2) is 5.95. The van der Waals surface area contributed by atoms with E-state index in [9.17, 15) is 0 Å². The number of aryl methyl sites for hydroxylation is 2. The molecule has 0 saturated carbocycles. The van der Waals surface area contributed by atoms with Crippen LogP contribution in [0.1, 0.15) is 5.56 Å². The van der Waals surface area contributed by atoms with Gasteiger partial charge in [-0.05, 0) is 36.8 Å². The molecule has 0 radical (unpaired) electrons. The molecule has 6 nitrogen and oxygen atoms in total. The van der Waals surface area contributed by atoms with E-state index >= 15 is 0 Å². The van der Waals surface area contributed by atoms with Crippen molar-refractivity contribution in [2.45, 2.75) is 6.92 Å². The van der Waals surface area contributed by atoms with Crippen molar-refractivity contribution in [1.82, 2.24) is 24.5 Å². The number of H-pyrrole nitrogens is 1. The Morgan fingerprint density at radius 3 is 2.78 bits per heavy atom. The molecule has 132 valence electrons. The highest BCUT2D eigenvalue weighted by molar-refractivity contribution is 6.01. The number of fused-ring (bicyclic) bond motifs is 2. The quantitative estimate of drug-likeness (QED) is 0.498. The first-order chi connectivity index (χ1) is 13.2. The van der Waals surface area contributed by atoms with Crippen LogP contribution < -0.4 is 5.32 Å². The van der Waals surface area contributed by atoms with Crippen LogP contribution in [0.25, 0.3) is 33.5 Å². The SMILES string of the molecule is Cc1cccc(Nc2ncnc3c2c(-c2nc4ccccc4[nH]2)cn3C)c1. The van der Waals surface area contributed by atoms with Gasteiger partial charge in [0, 0.05) is 24.5 Å². The van der Waals surface area contributed by atoms with Gasteiger partial charge in [0.1, 0.15) is 23.6 Å². The monoisotopic (exact) mass is 354 g/mol. The molecule has 2 N–H and O–H groups in total. The highest BCUT2D eigenvalue weighted by atomic mass is 15.1. The van der Waals surface area contributed by atoms with Gasteiger partial charge < -0.3 is 14.9 Å². The van der Waals surface area contributed by atoms with Gasteiger partial charge >= 0.3 is 0 Å². The number of aromatic nitrogens is 5. The van der Waals surface area contributed by atoms with Crippen molar-refractivity contribution in [2.75, 3.05) is 5.32 Å². The Morgan fingerprint density at radius 2 is 1.93 bits per heavy atom. The minimum Gasteiger partial charge on any atom is -0.340 e. The molecular formula is C21H18N6. The fourth-order valence-corrected chi connectivity index (χ4v) is 3.43. The van der Waals surface area contributed by atoms with E-state index in [-0.39, 0.29) is 0 Å². The maximum Gasteiger partial charge on any atom is 0.145 e. The molecule has 5 rings (SSSR count). The molecule has 0 aliphatic heterocycles. The fourth-order valence-electron chi connectivity index (χ4n) is 3.43. The van der Waals surface area contributed by atoms with Crippen molar-refractivity contribution in [3.63, 3.8) is 0 Å². The summed E-state index contributed by atoms with van der Waals surface area (Å²) in [5.74, 6) is 1.57. The van der Waals surface area contributed by atoms with Crippen molar-refractivity contribution in [3.8, 4) is 11.4 Å².